The van der Waals surface area contributed by atoms with Crippen LogP contribution in [0.25, 0.3) is 120 Å². The maximum Gasteiger partial charge on any atom is 0.160 e. The van der Waals surface area contributed by atoms with Crippen molar-refractivity contribution in [2.24, 2.45) is 0 Å². The van der Waals surface area contributed by atoms with Crippen LogP contribution >= 0.6 is 0 Å². The van der Waals surface area contributed by atoms with Crippen molar-refractivity contribution in [3.63, 3.8) is 0 Å². The maximum absolute atomic E-state index is 7.31. The maximum atomic E-state index is 7.31. The Morgan fingerprint density at radius 2 is 0.580 bits per heavy atom. The zero-order valence-corrected chi connectivity index (χ0v) is 44.2. The van der Waals surface area contributed by atoms with Crippen molar-refractivity contribution >= 4 is 121 Å². The van der Waals surface area contributed by atoms with Gasteiger partial charge in [0.15, 0.2) is 5.58 Å². The lowest BCUT2D eigenvalue weighted by Crippen LogP contribution is -2.12. The van der Waals surface area contributed by atoms with E-state index in [9.17, 15) is 0 Å². The summed E-state index contributed by atoms with van der Waals surface area (Å²) in [5.41, 5.74) is 15.2. The second kappa shape index (κ2) is 19.0. The average molecular weight is 1030 g/mol. The van der Waals surface area contributed by atoms with Gasteiger partial charge in [-0.25, -0.2) is 0 Å². The molecule has 0 N–H and O–H groups in total. The molecule has 0 aliphatic carbocycles. The van der Waals surface area contributed by atoms with Gasteiger partial charge >= 0.3 is 0 Å². The summed E-state index contributed by atoms with van der Waals surface area (Å²) in [6, 6.07) is 111. The minimum Gasteiger partial charge on any atom is -0.454 e. The van der Waals surface area contributed by atoms with Crippen LogP contribution in [0.1, 0.15) is 0 Å². The summed E-state index contributed by atoms with van der Waals surface area (Å²) in [6.07, 6.45) is 0. The molecule has 0 bridgehead atoms. The molecular formula is C78H50N2O. The largest absolute Gasteiger partial charge is 0.454 e. The molecule has 16 aromatic rings. The van der Waals surface area contributed by atoms with Crippen molar-refractivity contribution in [2.45, 2.75) is 0 Å². The molecule has 0 amide bonds. The number of anilines is 6. The van der Waals surface area contributed by atoms with E-state index in [1.54, 1.807) is 0 Å². The summed E-state index contributed by atoms with van der Waals surface area (Å²) in [4.78, 5) is 4.94. The third-order valence-corrected chi connectivity index (χ3v) is 16.6. The fraction of sp³-hybridized carbons (Fsp3) is 0. The van der Waals surface area contributed by atoms with Crippen LogP contribution < -0.4 is 9.80 Å². The third-order valence-electron chi connectivity index (χ3n) is 16.6. The van der Waals surface area contributed by atoms with E-state index in [0.717, 1.165) is 105 Å². The monoisotopic (exact) mass is 1030 g/mol. The Labute approximate surface area is 469 Å². The summed E-state index contributed by atoms with van der Waals surface area (Å²) >= 11 is 0. The lowest BCUT2D eigenvalue weighted by molar-refractivity contribution is 0.669. The highest BCUT2D eigenvalue weighted by molar-refractivity contribution is 6.33. The predicted molar refractivity (Wildman–Crippen MR) is 344 cm³/mol. The molecule has 0 saturated carbocycles. The van der Waals surface area contributed by atoms with Crippen LogP contribution in [0.2, 0.25) is 0 Å². The molecule has 0 radical (unpaired) electrons. The molecular weight excluding hydrogens is 981 g/mol. The molecule has 0 fully saturated rings. The van der Waals surface area contributed by atoms with E-state index in [1.165, 1.54) is 49.4 Å². The summed E-state index contributed by atoms with van der Waals surface area (Å²) in [5.74, 6) is 0. The van der Waals surface area contributed by atoms with Crippen molar-refractivity contribution < 1.29 is 4.42 Å². The molecule has 0 spiro atoms. The molecule has 378 valence electrons. The van der Waals surface area contributed by atoms with E-state index < -0.39 is 0 Å². The first-order valence-corrected chi connectivity index (χ1v) is 27.8. The normalized spacial score (nSPS) is 11.7. The van der Waals surface area contributed by atoms with Gasteiger partial charge in [0.05, 0.1) is 17.1 Å². The fourth-order valence-corrected chi connectivity index (χ4v) is 13.0. The van der Waals surface area contributed by atoms with E-state index >= 15 is 0 Å². The molecule has 0 saturated heterocycles. The lowest BCUT2D eigenvalue weighted by atomic mass is 9.84. The van der Waals surface area contributed by atoms with Gasteiger partial charge in [-0.15, -0.1) is 0 Å². The van der Waals surface area contributed by atoms with E-state index in [1.807, 2.05) is 0 Å². The number of furan rings is 1. The van der Waals surface area contributed by atoms with Gasteiger partial charge in [0, 0.05) is 49.4 Å². The van der Waals surface area contributed by atoms with Crippen LogP contribution in [0.3, 0.4) is 0 Å². The van der Waals surface area contributed by atoms with Gasteiger partial charge in [0.25, 0.3) is 0 Å². The fourth-order valence-electron chi connectivity index (χ4n) is 13.0. The molecule has 3 nitrogen and oxygen atoms in total. The summed E-state index contributed by atoms with van der Waals surface area (Å²) in [6.45, 7) is 0. The van der Waals surface area contributed by atoms with Crippen molar-refractivity contribution in [1.29, 1.82) is 0 Å². The third kappa shape index (κ3) is 7.51. The zero-order valence-electron chi connectivity index (χ0n) is 44.2. The minimum absolute atomic E-state index is 0.842. The Kier molecular flexibility index (Phi) is 10.9. The molecule has 15 aromatic carbocycles. The zero-order chi connectivity index (χ0) is 53.4. The van der Waals surface area contributed by atoms with Crippen LogP contribution in [0.4, 0.5) is 34.1 Å². The van der Waals surface area contributed by atoms with E-state index in [0.29, 0.717) is 0 Å². The molecule has 0 atom stereocenters. The number of fused-ring (bicyclic) bond motifs is 11. The Bertz CT molecular complexity index is 4970. The van der Waals surface area contributed by atoms with Gasteiger partial charge in [0.1, 0.15) is 5.58 Å². The van der Waals surface area contributed by atoms with Gasteiger partial charge in [0.2, 0.25) is 0 Å². The van der Waals surface area contributed by atoms with Gasteiger partial charge < -0.3 is 14.2 Å². The topological polar surface area (TPSA) is 19.6 Å². The molecule has 0 aliphatic heterocycles. The van der Waals surface area contributed by atoms with Crippen molar-refractivity contribution in [2.75, 3.05) is 9.80 Å². The summed E-state index contributed by atoms with van der Waals surface area (Å²) < 4.78 is 7.31. The van der Waals surface area contributed by atoms with Crippen LogP contribution in [0, 0.1) is 0 Å². The molecule has 0 unspecified atom stereocenters. The number of para-hydroxylation sites is 1. The van der Waals surface area contributed by atoms with E-state index in [2.05, 4.69) is 313 Å². The molecule has 3 heteroatoms. The highest BCUT2D eigenvalue weighted by Crippen LogP contribution is 2.55. The second-order valence-corrected chi connectivity index (χ2v) is 21.0. The number of benzene rings is 15. The first-order chi connectivity index (χ1) is 40.2. The number of hydrogen-bond acceptors (Lipinski definition) is 3. The Morgan fingerprint density at radius 3 is 1.06 bits per heavy atom. The lowest BCUT2D eigenvalue weighted by Gasteiger charge is -2.31. The van der Waals surface area contributed by atoms with Gasteiger partial charge in [-0.1, -0.05) is 255 Å². The van der Waals surface area contributed by atoms with Crippen LogP contribution in [-0.2, 0) is 0 Å². The first kappa shape index (κ1) is 46.4. The molecule has 1 aromatic heterocycles. The SMILES string of the molecule is c1ccc(-c2ccc(N(c3ccccc3)c3c4ccccc4c(-c4c5ccccc5c(N(c5ccc(-c6ccccc6)cc5)c5cc6ccccc6c6c5oc5ccc7ccccc7c56)c5ccccc45)c4ccccc34)cc2)cc1. The summed E-state index contributed by atoms with van der Waals surface area (Å²) in [5, 5.41) is 16.1. The highest BCUT2D eigenvalue weighted by Gasteiger charge is 2.29. The first-order valence-electron chi connectivity index (χ1n) is 27.8. The van der Waals surface area contributed by atoms with E-state index in [4.69, 9.17) is 4.42 Å². The standard InChI is InChI=1S/C78H50N2O/c1-4-22-51(23-5-1)53-40-45-58(46-41-53)79(57-28-8-3-9-29-57)76-66-36-18-14-32-62(66)72(63-33-15-19-37-67(63)76)73-64-34-16-20-38-68(64)77(69-39-21-17-35-65(69)73)80(59-47-42-54(43-48-59)52-24-6-2-7-25-52)70-50-56-27-11-13-31-61(56)75-74-60-30-12-10-26-55(60)44-49-71(74)81-78(70)75/h1-50H. The van der Waals surface area contributed by atoms with Crippen molar-refractivity contribution in [3.05, 3.63) is 303 Å². The van der Waals surface area contributed by atoms with Crippen LogP contribution in [-0.4, -0.2) is 0 Å². The van der Waals surface area contributed by atoms with Crippen LogP contribution in [0.5, 0.6) is 0 Å². The molecule has 81 heavy (non-hydrogen) atoms. The minimum atomic E-state index is 0.842. The smallest absolute Gasteiger partial charge is 0.160 e. The van der Waals surface area contributed by atoms with Crippen molar-refractivity contribution in [1.82, 2.24) is 0 Å². The van der Waals surface area contributed by atoms with Crippen molar-refractivity contribution in [3.8, 4) is 33.4 Å². The van der Waals surface area contributed by atoms with Gasteiger partial charge in [-0.2, -0.15) is 0 Å². The number of nitrogens with zero attached hydrogens (tertiary/aromatic N) is 2. The van der Waals surface area contributed by atoms with Gasteiger partial charge in [-0.05, 0) is 125 Å². The summed E-state index contributed by atoms with van der Waals surface area (Å²) in [7, 11) is 0. The second-order valence-electron chi connectivity index (χ2n) is 21.0. The molecule has 16 rings (SSSR count). The Balaban J connectivity index is 0.994. The molecule has 0 aliphatic rings. The number of hydrogen-bond donors (Lipinski definition) is 0. The number of rotatable bonds is 9. The van der Waals surface area contributed by atoms with Crippen LogP contribution in [0.15, 0.2) is 308 Å². The Morgan fingerprint density at radius 1 is 0.235 bits per heavy atom. The highest BCUT2D eigenvalue weighted by atomic mass is 16.3. The Hall–Kier alpha value is -10.7. The quantitative estimate of drug-likeness (QED) is 0.134. The van der Waals surface area contributed by atoms with Gasteiger partial charge in [-0.3, -0.25) is 0 Å². The molecule has 1 heterocycles. The average Bonchev–Trinajstić information content (AvgIpc) is 3.43. The predicted octanol–water partition coefficient (Wildman–Crippen LogP) is 22.4. The van der Waals surface area contributed by atoms with E-state index in [-0.39, 0.29) is 0 Å².